The van der Waals surface area contributed by atoms with Crippen molar-refractivity contribution in [2.45, 2.75) is 75.9 Å². The molecule has 0 aromatic heterocycles. The van der Waals surface area contributed by atoms with Crippen molar-refractivity contribution >= 4 is 50.7 Å². The predicted molar refractivity (Wildman–Crippen MR) is 168 cm³/mol. The van der Waals surface area contributed by atoms with Crippen LogP contribution in [0.5, 0.6) is 0 Å². The molecule has 3 aromatic carbocycles. The third kappa shape index (κ3) is 7.85. The van der Waals surface area contributed by atoms with Crippen molar-refractivity contribution in [3.63, 3.8) is 0 Å². The highest BCUT2D eigenvalue weighted by Crippen LogP contribution is 2.30. The number of rotatable bonds is 11. The van der Waals surface area contributed by atoms with E-state index in [-0.39, 0.29) is 23.4 Å². The van der Waals surface area contributed by atoms with Crippen LogP contribution in [0.15, 0.2) is 77.7 Å². The molecule has 0 radical (unpaired) electrons. The van der Waals surface area contributed by atoms with E-state index in [1.165, 1.54) is 17.0 Å². The number of amides is 2. The standard InChI is InChI=1S/C32H37Cl2N3O4S/c1-3-29(32(39)35-27-10-6-4-7-11-27)36(21-24-15-18-25(33)19-16-24)31(38)22-37(30-20-26(34)17-14-23(30)2)42(40,41)28-12-8-5-9-13-28/h5,8-9,12-20,27,29H,3-4,6-7,10-11,21-22H2,1-2H3,(H,35,39)/t29-/m1/s1. The van der Waals surface area contributed by atoms with Gasteiger partial charge in [0.25, 0.3) is 10.0 Å². The zero-order valence-electron chi connectivity index (χ0n) is 23.9. The number of nitrogens with one attached hydrogen (secondary N) is 1. The van der Waals surface area contributed by atoms with Crippen molar-refractivity contribution in [3.8, 4) is 0 Å². The smallest absolute Gasteiger partial charge is 0.264 e. The Bertz CT molecular complexity index is 1480. The van der Waals surface area contributed by atoms with Crippen LogP contribution in [0.2, 0.25) is 10.0 Å². The minimum atomic E-state index is -4.17. The van der Waals surface area contributed by atoms with Gasteiger partial charge in [-0.25, -0.2) is 8.42 Å². The topological polar surface area (TPSA) is 86.8 Å². The molecule has 3 aromatic rings. The first-order chi connectivity index (χ1) is 20.1. The van der Waals surface area contributed by atoms with E-state index in [2.05, 4.69) is 5.32 Å². The molecular formula is C32H37Cl2N3O4S. The van der Waals surface area contributed by atoms with E-state index in [1.807, 2.05) is 6.92 Å². The summed E-state index contributed by atoms with van der Waals surface area (Å²) < 4.78 is 29.1. The number of carbonyl (C=O) groups excluding carboxylic acids is 2. The van der Waals surface area contributed by atoms with Gasteiger partial charge in [-0.3, -0.25) is 13.9 Å². The lowest BCUT2D eigenvalue weighted by Gasteiger charge is -2.34. The average molecular weight is 631 g/mol. The van der Waals surface area contributed by atoms with Gasteiger partial charge in [-0.05, 0) is 73.7 Å². The first-order valence-electron chi connectivity index (χ1n) is 14.3. The van der Waals surface area contributed by atoms with Crippen molar-refractivity contribution < 1.29 is 18.0 Å². The van der Waals surface area contributed by atoms with E-state index in [9.17, 15) is 18.0 Å². The maximum atomic E-state index is 14.3. The number of aryl methyl sites for hydroxylation is 1. The maximum absolute atomic E-state index is 14.3. The number of nitrogens with zero attached hydrogens (tertiary/aromatic N) is 2. The lowest BCUT2D eigenvalue weighted by Crippen LogP contribution is -2.54. The number of anilines is 1. The van der Waals surface area contributed by atoms with Gasteiger partial charge >= 0.3 is 0 Å². The molecule has 0 unspecified atom stereocenters. The van der Waals surface area contributed by atoms with E-state index in [0.29, 0.717) is 27.7 Å². The molecule has 1 aliphatic carbocycles. The van der Waals surface area contributed by atoms with E-state index in [1.54, 1.807) is 67.6 Å². The quantitative estimate of drug-likeness (QED) is 0.254. The first kappa shape index (κ1) is 31.9. The van der Waals surface area contributed by atoms with Gasteiger partial charge in [0.1, 0.15) is 12.6 Å². The lowest BCUT2D eigenvalue weighted by atomic mass is 9.95. The van der Waals surface area contributed by atoms with Crippen LogP contribution in [0.4, 0.5) is 5.69 Å². The van der Waals surface area contributed by atoms with Crippen LogP contribution in [0.3, 0.4) is 0 Å². The number of hydrogen-bond donors (Lipinski definition) is 1. The summed E-state index contributed by atoms with van der Waals surface area (Å²) in [4.78, 5) is 29.4. The molecule has 0 saturated heterocycles. The van der Waals surface area contributed by atoms with Crippen molar-refractivity contribution in [3.05, 3.63) is 94.0 Å². The molecule has 2 amide bonds. The van der Waals surface area contributed by atoms with Gasteiger partial charge in [0, 0.05) is 22.6 Å². The van der Waals surface area contributed by atoms with Crippen LogP contribution < -0.4 is 9.62 Å². The monoisotopic (exact) mass is 629 g/mol. The molecule has 0 bridgehead atoms. The van der Waals surface area contributed by atoms with E-state index >= 15 is 0 Å². The minimum absolute atomic E-state index is 0.0449. The summed E-state index contributed by atoms with van der Waals surface area (Å²) in [5.74, 6) is -0.738. The molecule has 1 fully saturated rings. The Hall–Kier alpha value is -3.07. The Morgan fingerprint density at radius 3 is 2.21 bits per heavy atom. The molecule has 4 rings (SSSR count). The van der Waals surface area contributed by atoms with Crippen LogP contribution in [-0.2, 0) is 26.2 Å². The molecule has 10 heteroatoms. The molecular weight excluding hydrogens is 593 g/mol. The SMILES string of the molecule is CC[C@H](C(=O)NC1CCCCC1)N(Cc1ccc(Cl)cc1)C(=O)CN(c1cc(Cl)ccc1C)S(=O)(=O)c1ccccc1. The molecule has 1 atom stereocenters. The fourth-order valence-corrected chi connectivity index (χ4v) is 7.12. The van der Waals surface area contributed by atoms with Crippen LogP contribution in [-0.4, -0.2) is 43.8 Å². The molecule has 7 nitrogen and oxygen atoms in total. The summed E-state index contributed by atoms with van der Waals surface area (Å²) in [6, 6.07) is 19.2. The zero-order chi connectivity index (χ0) is 30.3. The zero-order valence-corrected chi connectivity index (χ0v) is 26.3. The third-order valence-corrected chi connectivity index (χ3v) is 9.91. The van der Waals surface area contributed by atoms with Gasteiger partial charge in [0.2, 0.25) is 11.8 Å². The molecule has 224 valence electrons. The van der Waals surface area contributed by atoms with Gasteiger partial charge in [0.05, 0.1) is 10.6 Å². The Morgan fingerprint density at radius 1 is 0.929 bits per heavy atom. The van der Waals surface area contributed by atoms with Crippen molar-refractivity contribution in [2.24, 2.45) is 0 Å². The fraction of sp³-hybridized carbons (Fsp3) is 0.375. The number of hydrogen-bond acceptors (Lipinski definition) is 4. The Kier molecular flexibility index (Phi) is 10.9. The normalized spacial score (nSPS) is 14.7. The minimum Gasteiger partial charge on any atom is -0.352 e. The summed E-state index contributed by atoms with van der Waals surface area (Å²) in [6.45, 7) is 3.22. The lowest BCUT2D eigenvalue weighted by molar-refractivity contribution is -0.140. The number of carbonyl (C=O) groups is 2. The summed E-state index contributed by atoms with van der Waals surface area (Å²) in [5, 5.41) is 4.05. The molecule has 1 aliphatic rings. The summed E-state index contributed by atoms with van der Waals surface area (Å²) >= 11 is 12.4. The predicted octanol–water partition coefficient (Wildman–Crippen LogP) is 6.75. The Morgan fingerprint density at radius 2 is 1.57 bits per heavy atom. The largest absolute Gasteiger partial charge is 0.352 e. The van der Waals surface area contributed by atoms with Crippen molar-refractivity contribution in [1.82, 2.24) is 10.2 Å². The van der Waals surface area contributed by atoms with Crippen LogP contribution in [0, 0.1) is 6.92 Å². The van der Waals surface area contributed by atoms with E-state index < -0.39 is 28.5 Å². The number of sulfonamides is 1. The van der Waals surface area contributed by atoms with Crippen molar-refractivity contribution in [2.75, 3.05) is 10.8 Å². The van der Waals surface area contributed by atoms with Gasteiger partial charge in [0.15, 0.2) is 0 Å². The summed E-state index contributed by atoms with van der Waals surface area (Å²) in [7, 11) is -4.17. The second-order valence-corrected chi connectivity index (χ2v) is 13.4. The van der Waals surface area contributed by atoms with Gasteiger partial charge in [-0.2, -0.15) is 0 Å². The highest BCUT2D eigenvalue weighted by molar-refractivity contribution is 7.92. The molecule has 0 aliphatic heterocycles. The van der Waals surface area contributed by atoms with E-state index in [4.69, 9.17) is 23.2 Å². The maximum Gasteiger partial charge on any atom is 0.264 e. The molecule has 42 heavy (non-hydrogen) atoms. The number of halogens is 2. The van der Waals surface area contributed by atoms with Crippen LogP contribution in [0.25, 0.3) is 0 Å². The third-order valence-electron chi connectivity index (χ3n) is 7.65. The van der Waals surface area contributed by atoms with Gasteiger partial charge in [-0.15, -0.1) is 0 Å². The van der Waals surface area contributed by atoms with Crippen molar-refractivity contribution in [1.29, 1.82) is 0 Å². The molecule has 0 heterocycles. The van der Waals surface area contributed by atoms with E-state index in [0.717, 1.165) is 42.0 Å². The number of benzene rings is 3. The average Bonchev–Trinajstić information content (AvgIpc) is 2.99. The van der Waals surface area contributed by atoms with Crippen LogP contribution in [0.1, 0.15) is 56.6 Å². The molecule has 1 saturated carbocycles. The second-order valence-electron chi connectivity index (χ2n) is 10.7. The Balaban J connectivity index is 1.72. The highest BCUT2D eigenvalue weighted by atomic mass is 35.5. The summed E-state index contributed by atoms with van der Waals surface area (Å²) in [5.41, 5.74) is 1.71. The second kappa shape index (κ2) is 14.4. The van der Waals surface area contributed by atoms with Crippen LogP contribution >= 0.6 is 23.2 Å². The summed E-state index contributed by atoms with van der Waals surface area (Å²) in [6.07, 6.45) is 5.44. The fourth-order valence-electron chi connectivity index (χ4n) is 5.33. The molecule has 1 N–H and O–H groups in total. The first-order valence-corrected chi connectivity index (χ1v) is 16.5. The highest BCUT2D eigenvalue weighted by Gasteiger charge is 2.35. The van der Waals surface area contributed by atoms with Gasteiger partial charge < -0.3 is 10.2 Å². The van der Waals surface area contributed by atoms with Gasteiger partial charge in [-0.1, -0.05) is 85.8 Å². The molecule has 0 spiro atoms. The Labute approximate surface area is 258 Å².